The van der Waals surface area contributed by atoms with Crippen molar-refractivity contribution in [1.29, 1.82) is 0 Å². The smallest absolute Gasteiger partial charge is 0.224 e. The first kappa shape index (κ1) is 18.2. The zero-order valence-corrected chi connectivity index (χ0v) is 17.0. The Labute approximate surface area is 170 Å². The molecule has 0 radical (unpaired) electrons. The van der Waals surface area contributed by atoms with Gasteiger partial charge in [0.05, 0.1) is 6.54 Å². The van der Waals surface area contributed by atoms with Crippen LogP contribution in [0.25, 0.3) is 10.9 Å². The number of hydrogen-bond donors (Lipinski definition) is 0. The van der Waals surface area contributed by atoms with Gasteiger partial charge in [0.1, 0.15) is 0 Å². The zero-order chi connectivity index (χ0) is 19.4. The van der Waals surface area contributed by atoms with Crippen molar-refractivity contribution in [3.8, 4) is 0 Å². The highest BCUT2D eigenvalue weighted by molar-refractivity contribution is 6.31. The number of Topliss-reactive ketones (excluding diaryl/α,β-unsaturated/α-hetero) is 1. The molecule has 2 fully saturated rings. The van der Waals surface area contributed by atoms with E-state index in [2.05, 4.69) is 28.6 Å². The second-order valence-corrected chi connectivity index (χ2v) is 8.93. The lowest BCUT2D eigenvalue weighted by atomic mass is 9.97. The molecule has 0 aliphatic carbocycles. The standard InChI is InChI=1S/C22H26ClN3O2/c1-24-15-5-7-19(24)22-17-11-14(23)4-6-18(17)26(20(22)12-15)10-8-21(28)25-9-2-3-16(27)13-25/h4,6,11,15,19H,2-3,5,7-10,12-13H2,1H3. The van der Waals surface area contributed by atoms with E-state index in [0.717, 1.165) is 17.9 Å². The van der Waals surface area contributed by atoms with Gasteiger partial charge in [0, 0.05) is 66.1 Å². The molecule has 1 amide bonds. The molecule has 1 aromatic heterocycles. The Morgan fingerprint density at radius 2 is 2.14 bits per heavy atom. The van der Waals surface area contributed by atoms with Gasteiger partial charge in [0.15, 0.2) is 5.78 Å². The minimum atomic E-state index is 0.0912. The van der Waals surface area contributed by atoms with E-state index in [1.165, 1.54) is 35.0 Å². The monoisotopic (exact) mass is 399 g/mol. The number of likely N-dealkylation sites (tertiary alicyclic amines) is 1. The van der Waals surface area contributed by atoms with E-state index in [-0.39, 0.29) is 18.2 Å². The van der Waals surface area contributed by atoms with Crippen molar-refractivity contribution in [3.63, 3.8) is 0 Å². The minimum absolute atomic E-state index is 0.0912. The fraction of sp³-hybridized carbons (Fsp3) is 0.545. The van der Waals surface area contributed by atoms with Crippen LogP contribution in [0.5, 0.6) is 0 Å². The number of fused-ring (bicyclic) bond motifs is 6. The number of amides is 1. The molecule has 5 rings (SSSR count). The molecule has 28 heavy (non-hydrogen) atoms. The van der Waals surface area contributed by atoms with Gasteiger partial charge in [0.25, 0.3) is 0 Å². The van der Waals surface area contributed by atoms with E-state index < -0.39 is 0 Å². The van der Waals surface area contributed by atoms with Crippen LogP contribution in [0.2, 0.25) is 5.02 Å². The van der Waals surface area contributed by atoms with Gasteiger partial charge in [0.2, 0.25) is 5.91 Å². The van der Waals surface area contributed by atoms with Crippen LogP contribution >= 0.6 is 11.6 Å². The van der Waals surface area contributed by atoms with Gasteiger partial charge in [-0.3, -0.25) is 14.5 Å². The summed E-state index contributed by atoms with van der Waals surface area (Å²) >= 11 is 6.34. The number of hydrogen-bond acceptors (Lipinski definition) is 3. The van der Waals surface area contributed by atoms with Crippen molar-refractivity contribution in [1.82, 2.24) is 14.4 Å². The first-order chi connectivity index (χ1) is 13.5. The maximum Gasteiger partial charge on any atom is 0.224 e. The summed E-state index contributed by atoms with van der Waals surface area (Å²) in [6, 6.07) is 7.17. The van der Waals surface area contributed by atoms with E-state index >= 15 is 0 Å². The summed E-state index contributed by atoms with van der Waals surface area (Å²) in [5.74, 6) is 0.270. The second-order valence-electron chi connectivity index (χ2n) is 8.50. The van der Waals surface area contributed by atoms with Crippen molar-refractivity contribution in [3.05, 3.63) is 34.5 Å². The zero-order valence-electron chi connectivity index (χ0n) is 16.3. The van der Waals surface area contributed by atoms with E-state index in [9.17, 15) is 9.59 Å². The first-order valence-corrected chi connectivity index (χ1v) is 10.7. The van der Waals surface area contributed by atoms with Crippen molar-refractivity contribution < 1.29 is 9.59 Å². The number of benzene rings is 1. The van der Waals surface area contributed by atoms with Gasteiger partial charge < -0.3 is 9.47 Å². The molecular weight excluding hydrogens is 374 g/mol. The van der Waals surface area contributed by atoms with Crippen LogP contribution in [0.1, 0.15) is 49.4 Å². The number of aromatic nitrogens is 1. The molecule has 2 aromatic rings. The van der Waals surface area contributed by atoms with Crippen LogP contribution in [0.4, 0.5) is 0 Å². The Morgan fingerprint density at radius 3 is 2.96 bits per heavy atom. The molecule has 6 heteroatoms. The van der Waals surface area contributed by atoms with Crippen LogP contribution < -0.4 is 0 Å². The summed E-state index contributed by atoms with van der Waals surface area (Å²) in [6.07, 6.45) is 5.29. The third-order valence-electron chi connectivity index (χ3n) is 6.93. The van der Waals surface area contributed by atoms with Crippen LogP contribution in [-0.2, 0) is 22.6 Å². The Morgan fingerprint density at radius 1 is 1.29 bits per heavy atom. The molecule has 2 saturated heterocycles. The Bertz CT molecular complexity index is 966. The third kappa shape index (κ3) is 2.87. The van der Waals surface area contributed by atoms with Crippen molar-refractivity contribution in [2.45, 2.75) is 57.2 Å². The Hall–Kier alpha value is -1.85. The molecule has 4 heterocycles. The number of carbonyl (C=O) groups excluding carboxylic acids is 2. The predicted molar refractivity (Wildman–Crippen MR) is 110 cm³/mol. The normalized spacial score (nSPS) is 24.8. The molecule has 3 aliphatic heterocycles. The summed E-state index contributed by atoms with van der Waals surface area (Å²) in [4.78, 5) is 28.7. The molecule has 2 atom stereocenters. The lowest BCUT2D eigenvalue weighted by molar-refractivity contribution is -0.137. The molecule has 2 unspecified atom stereocenters. The Kier molecular flexibility index (Phi) is 4.48. The minimum Gasteiger partial charge on any atom is -0.344 e. The molecule has 2 bridgehead atoms. The molecule has 1 aromatic carbocycles. The Balaban J connectivity index is 1.47. The molecule has 5 nitrogen and oxygen atoms in total. The van der Waals surface area contributed by atoms with Gasteiger partial charge in [-0.2, -0.15) is 0 Å². The lowest BCUT2D eigenvalue weighted by Gasteiger charge is -2.32. The van der Waals surface area contributed by atoms with Gasteiger partial charge >= 0.3 is 0 Å². The summed E-state index contributed by atoms with van der Waals surface area (Å²) < 4.78 is 2.35. The number of carbonyl (C=O) groups is 2. The van der Waals surface area contributed by atoms with Crippen molar-refractivity contribution in [2.24, 2.45) is 0 Å². The number of piperidine rings is 1. The third-order valence-corrected chi connectivity index (χ3v) is 7.17. The number of ketones is 1. The number of rotatable bonds is 3. The van der Waals surface area contributed by atoms with E-state index in [1.807, 2.05) is 6.07 Å². The van der Waals surface area contributed by atoms with Crippen LogP contribution in [0.15, 0.2) is 18.2 Å². The molecule has 0 spiro atoms. The summed E-state index contributed by atoms with van der Waals surface area (Å²) in [6.45, 7) is 1.66. The predicted octanol–water partition coefficient (Wildman–Crippen LogP) is 3.57. The first-order valence-electron chi connectivity index (χ1n) is 10.3. The van der Waals surface area contributed by atoms with Crippen molar-refractivity contribution >= 4 is 34.2 Å². The largest absolute Gasteiger partial charge is 0.344 e. The topological polar surface area (TPSA) is 45.6 Å². The van der Waals surface area contributed by atoms with Crippen LogP contribution in [0, 0.1) is 0 Å². The summed E-state index contributed by atoms with van der Waals surface area (Å²) in [5.41, 5.74) is 3.97. The van der Waals surface area contributed by atoms with Crippen LogP contribution in [0.3, 0.4) is 0 Å². The highest BCUT2D eigenvalue weighted by Crippen LogP contribution is 2.47. The highest BCUT2D eigenvalue weighted by Gasteiger charge is 2.40. The SMILES string of the molecule is CN1C2CCC1c1c(n(CCC(=O)N3CCCC(=O)C3)c3ccc(Cl)cc13)C2. The number of halogens is 1. The number of aryl methyl sites for hydroxylation is 1. The summed E-state index contributed by atoms with van der Waals surface area (Å²) in [5, 5.41) is 2.00. The fourth-order valence-corrected chi connectivity index (χ4v) is 5.67. The quantitative estimate of drug-likeness (QED) is 0.792. The van der Waals surface area contributed by atoms with Crippen molar-refractivity contribution in [2.75, 3.05) is 20.1 Å². The average Bonchev–Trinajstić information content (AvgIpc) is 3.09. The highest BCUT2D eigenvalue weighted by atomic mass is 35.5. The molecule has 0 N–H and O–H groups in total. The maximum atomic E-state index is 12.7. The summed E-state index contributed by atoms with van der Waals surface area (Å²) in [7, 11) is 2.23. The number of likely N-dealkylation sites (N-methyl/N-ethyl adjacent to an activating group) is 1. The van der Waals surface area contributed by atoms with Gasteiger partial charge in [-0.15, -0.1) is 0 Å². The molecule has 0 saturated carbocycles. The van der Waals surface area contributed by atoms with E-state index in [4.69, 9.17) is 11.6 Å². The van der Waals surface area contributed by atoms with E-state index in [0.29, 0.717) is 38.0 Å². The van der Waals surface area contributed by atoms with E-state index in [1.54, 1.807) is 4.90 Å². The second kappa shape index (κ2) is 6.89. The van der Waals surface area contributed by atoms with Crippen LogP contribution in [-0.4, -0.2) is 52.2 Å². The molecular formula is C22H26ClN3O2. The lowest BCUT2D eigenvalue weighted by Crippen LogP contribution is -2.40. The molecule has 148 valence electrons. The average molecular weight is 400 g/mol. The molecule has 3 aliphatic rings. The van der Waals surface area contributed by atoms with Gasteiger partial charge in [-0.05, 0) is 50.1 Å². The fourth-order valence-electron chi connectivity index (χ4n) is 5.50. The van der Waals surface area contributed by atoms with Gasteiger partial charge in [-0.25, -0.2) is 0 Å². The van der Waals surface area contributed by atoms with Gasteiger partial charge in [-0.1, -0.05) is 11.6 Å². The maximum absolute atomic E-state index is 12.7. The number of nitrogens with zero attached hydrogens (tertiary/aromatic N) is 3.